The fourth-order valence-corrected chi connectivity index (χ4v) is 9.24. The van der Waals surface area contributed by atoms with Gasteiger partial charge >= 0.3 is 0 Å². The predicted molar refractivity (Wildman–Crippen MR) is 280 cm³/mol. The minimum absolute atomic E-state index is 0.183. The molecule has 0 amide bonds. The maximum Gasteiger partial charge on any atom is 0.149 e. The molecule has 0 aliphatic heterocycles. The molecule has 10 rings (SSSR count). The van der Waals surface area contributed by atoms with E-state index in [2.05, 4.69) is 246 Å². The smallest absolute Gasteiger partial charge is 0.149 e. The van der Waals surface area contributed by atoms with Crippen LogP contribution >= 0.6 is 0 Å². The van der Waals surface area contributed by atoms with Crippen molar-refractivity contribution in [3.05, 3.63) is 229 Å². The Morgan fingerprint density at radius 3 is 1.75 bits per heavy atom. The summed E-state index contributed by atoms with van der Waals surface area (Å²) in [4.78, 5) is 10.7. The number of phenolic OH excluding ortho intramolecular Hbond substituents is 1. The number of rotatable bonds is 9. The first-order valence-corrected chi connectivity index (χ1v) is 23.2. The number of pyridine rings is 1. The molecule has 0 fully saturated rings. The quantitative estimate of drug-likeness (QED) is 0.157. The minimum atomic E-state index is -0.324. The average molecular weight is 870 g/mol. The number of benzene rings is 8. The summed E-state index contributed by atoms with van der Waals surface area (Å²) >= 11 is 0. The number of phenols is 1. The molecule has 0 aliphatic rings. The Labute approximate surface area is 395 Å². The van der Waals surface area contributed by atoms with Crippen LogP contribution in [0, 0.1) is 0 Å². The molecule has 67 heavy (non-hydrogen) atoms. The van der Waals surface area contributed by atoms with E-state index in [1.54, 1.807) is 0 Å². The number of aromatic hydroxyl groups is 1. The molecule has 0 atom stereocenters. The minimum Gasteiger partial charge on any atom is -0.507 e. The Kier molecular flexibility index (Phi) is 11.3. The number of imidazole rings is 1. The van der Waals surface area contributed by atoms with Crippen molar-refractivity contribution in [1.29, 1.82) is 0 Å². The second-order valence-electron chi connectivity index (χ2n) is 19.7. The number of para-hydroxylation sites is 2. The van der Waals surface area contributed by atoms with Gasteiger partial charge in [0.2, 0.25) is 0 Å². The summed E-state index contributed by atoms with van der Waals surface area (Å²) < 4.78 is 2.26. The van der Waals surface area contributed by atoms with Crippen LogP contribution in [0.25, 0.3) is 83.9 Å². The molecule has 4 nitrogen and oxygen atoms in total. The third-order valence-corrected chi connectivity index (χ3v) is 12.9. The van der Waals surface area contributed by atoms with Crippen LogP contribution in [0.1, 0.15) is 63.8 Å². The molecular weight excluding hydrogens is 815 g/mol. The van der Waals surface area contributed by atoms with Gasteiger partial charge in [-0.05, 0) is 116 Å². The molecule has 2 heterocycles. The summed E-state index contributed by atoms with van der Waals surface area (Å²) in [6, 6.07) is 70.9. The normalized spacial score (nSPS) is 11.9. The second kappa shape index (κ2) is 17.5. The molecule has 4 heteroatoms. The highest BCUT2D eigenvalue weighted by Crippen LogP contribution is 2.46. The van der Waals surface area contributed by atoms with Gasteiger partial charge in [-0.25, -0.2) is 4.98 Å². The van der Waals surface area contributed by atoms with Gasteiger partial charge < -0.3 is 5.11 Å². The molecule has 0 spiro atoms. The van der Waals surface area contributed by atoms with Gasteiger partial charge in [0.1, 0.15) is 11.6 Å². The van der Waals surface area contributed by atoms with Gasteiger partial charge in [0.15, 0.2) is 0 Å². The Bertz CT molecular complexity index is 3370. The standard InChI is InChI=1S/C63H55N3O/c1-62(2,3)51-40-54(60(67)55(41-51)63(4,5)6)61-65-59-53(26-18-28-58(59)66(61)57-27-17-16-25-52(57)46-23-14-9-15-24-46)49-36-48(44-21-12-8-13-22-44)37-50(38-49)56-39-47(33-34-64-56)45-31-29-43(30-32-45)35-42-19-10-7-11-20-42/h7-34,36-41,67H,35H2,1-6H3. The fraction of sp³-hybridized carbons (Fsp3) is 0.143. The van der Waals surface area contributed by atoms with E-state index in [9.17, 15) is 5.11 Å². The monoisotopic (exact) mass is 869 g/mol. The Balaban J connectivity index is 1.18. The molecule has 328 valence electrons. The first-order chi connectivity index (χ1) is 32.4. The van der Waals surface area contributed by atoms with Crippen LogP contribution in [0.2, 0.25) is 0 Å². The van der Waals surface area contributed by atoms with E-state index in [0.29, 0.717) is 11.4 Å². The van der Waals surface area contributed by atoms with Crippen molar-refractivity contribution >= 4 is 11.0 Å². The Morgan fingerprint density at radius 2 is 1.04 bits per heavy atom. The zero-order valence-corrected chi connectivity index (χ0v) is 39.1. The molecule has 10 aromatic rings. The molecule has 0 aliphatic carbocycles. The lowest BCUT2D eigenvalue weighted by Crippen LogP contribution is -2.17. The summed E-state index contributed by atoms with van der Waals surface area (Å²) in [6.45, 7) is 13.2. The van der Waals surface area contributed by atoms with Crippen LogP contribution < -0.4 is 0 Å². The molecule has 0 saturated carbocycles. The molecule has 2 aromatic heterocycles. The number of fused-ring (bicyclic) bond motifs is 1. The number of nitrogens with zero attached hydrogens (tertiary/aromatic N) is 3. The molecule has 1 N–H and O–H groups in total. The second-order valence-corrected chi connectivity index (χ2v) is 19.7. The van der Waals surface area contributed by atoms with Crippen LogP contribution in [0.15, 0.2) is 206 Å². The summed E-state index contributed by atoms with van der Waals surface area (Å²) in [5, 5.41) is 12.5. The number of hydrogen-bond donors (Lipinski definition) is 1. The number of aromatic nitrogens is 3. The Morgan fingerprint density at radius 1 is 0.448 bits per heavy atom. The van der Waals surface area contributed by atoms with Crippen LogP contribution in [0.3, 0.4) is 0 Å². The lowest BCUT2D eigenvalue weighted by atomic mass is 9.79. The molecule has 8 aromatic carbocycles. The van der Waals surface area contributed by atoms with E-state index in [0.717, 1.165) is 90.0 Å². The lowest BCUT2D eigenvalue weighted by molar-refractivity contribution is 0.446. The van der Waals surface area contributed by atoms with Gasteiger partial charge in [0.05, 0.1) is 28.0 Å². The summed E-state index contributed by atoms with van der Waals surface area (Å²) in [7, 11) is 0. The van der Waals surface area contributed by atoms with Gasteiger partial charge in [-0.1, -0.05) is 193 Å². The zero-order chi connectivity index (χ0) is 46.3. The van der Waals surface area contributed by atoms with E-state index < -0.39 is 0 Å². The third kappa shape index (κ3) is 8.71. The van der Waals surface area contributed by atoms with E-state index in [-0.39, 0.29) is 16.6 Å². The zero-order valence-electron chi connectivity index (χ0n) is 39.1. The molecule has 0 saturated heterocycles. The highest BCUT2D eigenvalue weighted by atomic mass is 16.3. The van der Waals surface area contributed by atoms with Crippen LogP contribution in [-0.2, 0) is 17.3 Å². The van der Waals surface area contributed by atoms with Crippen molar-refractivity contribution < 1.29 is 5.11 Å². The van der Waals surface area contributed by atoms with E-state index >= 15 is 0 Å². The van der Waals surface area contributed by atoms with Crippen LogP contribution in [-0.4, -0.2) is 19.6 Å². The summed E-state index contributed by atoms with van der Waals surface area (Å²) in [5.74, 6) is 0.935. The van der Waals surface area contributed by atoms with Gasteiger partial charge in [-0.2, -0.15) is 0 Å². The summed E-state index contributed by atoms with van der Waals surface area (Å²) in [6.07, 6.45) is 2.81. The molecule has 0 radical (unpaired) electrons. The van der Waals surface area contributed by atoms with Crippen LogP contribution in [0.5, 0.6) is 5.75 Å². The van der Waals surface area contributed by atoms with Gasteiger partial charge in [0.25, 0.3) is 0 Å². The highest BCUT2D eigenvalue weighted by Gasteiger charge is 2.29. The molecule has 0 bridgehead atoms. The van der Waals surface area contributed by atoms with Crippen molar-refractivity contribution in [3.8, 4) is 78.6 Å². The average Bonchev–Trinajstić information content (AvgIpc) is 3.74. The number of hydrogen-bond acceptors (Lipinski definition) is 3. The highest BCUT2D eigenvalue weighted by molar-refractivity contribution is 5.98. The first kappa shape index (κ1) is 43.1. The lowest BCUT2D eigenvalue weighted by Gasteiger charge is -2.27. The van der Waals surface area contributed by atoms with E-state index in [1.807, 2.05) is 6.20 Å². The topological polar surface area (TPSA) is 50.9 Å². The van der Waals surface area contributed by atoms with E-state index in [4.69, 9.17) is 9.97 Å². The maximum absolute atomic E-state index is 12.5. The van der Waals surface area contributed by atoms with Gasteiger partial charge in [0, 0.05) is 28.5 Å². The first-order valence-electron chi connectivity index (χ1n) is 23.2. The fourth-order valence-electron chi connectivity index (χ4n) is 9.24. The maximum atomic E-state index is 12.5. The van der Waals surface area contributed by atoms with Crippen molar-refractivity contribution in [2.75, 3.05) is 0 Å². The third-order valence-electron chi connectivity index (χ3n) is 12.9. The molecule has 0 unspecified atom stereocenters. The molecular formula is C63H55N3O. The van der Waals surface area contributed by atoms with Crippen molar-refractivity contribution in [3.63, 3.8) is 0 Å². The largest absolute Gasteiger partial charge is 0.507 e. The Hall–Kier alpha value is -7.82. The van der Waals surface area contributed by atoms with E-state index in [1.165, 1.54) is 11.1 Å². The van der Waals surface area contributed by atoms with Crippen molar-refractivity contribution in [1.82, 2.24) is 14.5 Å². The summed E-state index contributed by atoms with van der Waals surface area (Å²) in [5.41, 5.74) is 18.1. The van der Waals surface area contributed by atoms with Gasteiger partial charge in [-0.3, -0.25) is 9.55 Å². The SMILES string of the molecule is CC(C)(C)c1cc(-c2nc3c(-c4cc(-c5ccccc5)cc(-c5cc(-c6ccc(Cc7ccccc7)cc6)ccn5)c4)cccc3n2-c2ccccc2-c2ccccc2)c(O)c(C(C)(C)C)c1. The van der Waals surface area contributed by atoms with Crippen LogP contribution in [0.4, 0.5) is 0 Å². The van der Waals surface area contributed by atoms with Crippen molar-refractivity contribution in [2.45, 2.75) is 58.8 Å². The van der Waals surface area contributed by atoms with Crippen molar-refractivity contribution in [2.24, 2.45) is 0 Å². The van der Waals surface area contributed by atoms with Gasteiger partial charge in [-0.15, -0.1) is 0 Å². The predicted octanol–water partition coefficient (Wildman–Crippen LogP) is 16.3.